The van der Waals surface area contributed by atoms with Crippen LogP contribution in [0.1, 0.15) is 83.8 Å². The first-order chi connectivity index (χ1) is 20.1. The number of esters is 1. The highest BCUT2D eigenvalue weighted by Crippen LogP contribution is 2.67. The van der Waals surface area contributed by atoms with Crippen LogP contribution in [0, 0.1) is 40.9 Å². The van der Waals surface area contributed by atoms with E-state index in [1.807, 2.05) is 0 Å². The van der Waals surface area contributed by atoms with E-state index in [1.54, 1.807) is 37.3 Å². The van der Waals surface area contributed by atoms with Crippen LogP contribution in [0.4, 0.5) is 0 Å². The van der Waals surface area contributed by atoms with Gasteiger partial charge in [0.25, 0.3) is 5.91 Å². The summed E-state index contributed by atoms with van der Waals surface area (Å²) in [5, 5.41) is 28.8. The lowest BCUT2D eigenvalue weighted by atomic mass is 9.46. The quantitative estimate of drug-likeness (QED) is 0.239. The van der Waals surface area contributed by atoms with Crippen molar-refractivity contribution in [2.45, 2.75) is 89.9 Å². The van der Waals surface area contributed by atoms with Crippen molar-refractivity contribution >= 4 is 17.6 Å². The summed E-state index contributed by atoms with van der Waals surface area (Å²) in [4.78, 5) is 30.6. The van der Waals surface area contributed by atoms with Crippen LogP contribution in [-0.4, -0.2) is 52.7 Å². The average molecular weight is 577 g/mol. The number of allylic oxidation sites excluding steroid dienone is 2. The van der Waals surface area contributed by atoms with Crippen LogP contribution in [-0.2, 0) is 19.2 Å². The zero-order valence-corrected chi connectivity index (χ0v) is 25.0. The van der Waals surface area contributed by atoms with Crippen LogP contribution >= 0.6 is 0 Å². The molecular formula is C34H44N2O6. The maximum absolute atomic E-state index is 12.7. The summed E-state index contributed by atoms with van der Waals surface area (Å²) in [5.41, 5.74) is 1.57. The Bertz CT molecular complexity index is 1290. The van der Waals surface area contributed by atoms with Gasteiger partial charge in [0.15, 0.2) is 12.6 Å². The summed E-state index contributed by atoms with van der Waals surface area (Å²) in [7, 11) is 0. The number of aliphatic hydroxyl groups excluding tert-OH is 1. The standard InChI is InChI=1S/C34H44N2O6/c1-5-34(40)19-16-27-25-13-12-23-20-24(14-17-32(23,3)26(25)15-18-33(27,34)4)36-42-21-28(37)35-29(31(39)41-6-2)30(38)22-10-8-7-9-11-22/h1,7-11,20,25-27,29-30,38,40H,6,12-19,21H2,2-4H3,(H,35,37)/b36-24+/t25-,26+,27+,29+,30+,32+,33+,34-/m1/s1. The fourth-order valence-electron chi connectivity index (χ4n) is 8.63. The molecule has 0 saturated heterocycles. The number of fused-ring (bicyclic) bond motifs is 5. The summed E-state index contributed by atoms with van der Waals surface area (Å²) < 4.78 is 5.08. The lowest BCUT2D eigenvalue weighted by Gasteiger charge is -2.58. The second-order valence-electron chi connectivity index (χ2n) is 13.0. The van der Waals surface area contributed by atoms with E-state index in [-0.39, 0.29) is 24.0 Å². The summed E-state index contributed by atoms with van der Waals surface area (Å²) >= 11 is 0. The smallest absolute Gasteiger partial charge is 0.331 e. The van der Waals surface area contributed by atoms with E-state index in [4.69, 9.17) is 16.0 Å². The van der Waals surface area contributed by atoms with Crippen LogP contribution in [0.25, 0.3) is 0 Å². The van der Waals surface area contributed by atoms with Gasteiger partial charge >= 0.3 is 5.97 Å². The molecule has 4 aliphatic rings. The van der Waals surface area contributed by atoms with Crippen LogP contribution in [0.15, 0.2) is 47.1 Å². The van der Waals surface area contributed by atoms with Crippen molar-refractivity contribution in [2.75, 3.05) is 13.2 Å². The summed E-state index contributed by atoms with van der Waals surface area (Å²) in [6.45, 7) is 6.01. The van der Waals surface area contributed by atoms with Gasteiger partial charge in [-0.2, -0.15) is 0 Å². The topological polar surface area (TPSA) is 117 Å². The Kier molecular flexibility index (Phi) is 8.55. The summed E-state index contributed by atoms with van der Waals surface area (Å²) in [5.74, 6) is 3.03. The van der Waals surface area contributed by atoms with Gasteiger partial charge in [0, 0.05) is 5.41 Å². The Morgan fingerprint density at radius 3 is 2.57 bits per heavy atom. The molecule has 1 aromatic carbocycles. The van der Waals surface area contributed by atoms with Gasteiger partial charge in [0.05, 0.1) is 12.3 Å². The number of hydrogen-bond acceptors (Lipinski definition) is 7. The maximum atomic E-state index is 12.7. The first-order valence-electron chi connectivity index (χ1n) is 15.4. The number of benzene rings is 1. The van der Waals surface area contributed by atoms with Crippen molar-refractivity contribution in [3.05, 3.63) is 47.5 Å². The highest BCUT2D eigenvalue weighted by molar-refractivity contribution is 5.96. The van der Waals surface area contributed by atoms with Gasteiger partial charge in [-0.25, -0.2) is 4.79 Å². The van der Waals surface area contributed by atoms with Gasteiger partial charge in [-0.15, -0.1) is 6.42 Å². The van der Waals surface area contributed by atoms with Gasteiger partial charge in [0.1, 0.15) is 11.7 Å². The molecule has 5 rings (SSSR count). The molecule has 3 saturated carbocycles. The molecule has 8 heteroatoms. The third-order valence-electron chi connectivity index (χ3n) is 11.1. The Labute approximate surface area is 248 Å². The summed E-state index contributed by atoms with van der Waals surface area (Å²) in [6, 6.07) is 7.39. The fourth-order valence-corrected chi connectivity index (χ4v) is 8.63. The van der Waals surface area contributed by atoms with Crippen LogP contribution in [0.3, 0.4) is 0 Å². The van der Waals surface area contributed by atoms with Gasteiger partial charge in [0.2, 0.25) is 0 Å². The van der Waals surface area contributed by atoms with Crippen LogP contribution in [0.2, 0.25) is 0 Å². The average Bonchev–Trinajstić information content (AvgIpc) is 3.27. The van der Waals surface area contributed by atoms with Crippen LogP contribution in [0.5, 0.6) is 0 Å². The predicted octanol–water partition coefficient (Wildman–Crippen LogP) is 4.47. The van der Waals surface area contributed by atoms with E-state index in [0.29, 0.717) is 29.7 Å². The SMILES string of the molecule is C#C[C@@]1(O)CC[C@H]2[C@@H]3CCC4=C/C(=N/OCC(=O)N[C@H](C(=O)OCC)[C@@H](O)c5ccccc5)CC[C@]4(C)[C@H]3CC[C@@]21C. The van der Waals surface area contributed by atoms with E-state index >= 15 is 0 Å². The third-order valence-corrected chi connectivity index (χ3v) is 11.1. The number of nitrogens with zero attached hydrogens (tertiary/aromatic N) is 1. The molecule has 8 atom stereocenters. The number of terminal acetylenes is 1. The Balaban J connectivity index is 1.21. The van der Waals surface area contributed by atoms with Crippen molar-refractivity contribution in [2.24, 2.45) is 33.7 Å². The number of ether oxygens (including phenoxy) is 1. The lowest BCUT2D eigenvalue weighted by Crippen LogP contribution is -2.54. The van der Waals surface area contributed by atoms with Gasteiger partial charge in [-0.05, 0) is 93.1 Å². The molecule has 0 spiro atoms. The molecule has 0 radical (unpaired) electrons. The number of nitrogens with one attached hydrogen (secondary N) is 1. The minimum atomic E-state index is -1.27. The highest BCUT2D eigenvalue weighted by Gasteiger charge is 2.63. The van der Waals surface area contributed by atoms with E-state index in [1.165, 1.54) is 5.57 Å². The number of carbonyl (C=O) groups excluding carboxylic acids is 2. The molecule has 0 aromatic heterocycles. The van der Waals surface area contributed by atoms with Crippen molar-refractivity contribution in [1.29, 1.82) is 0 Å². The van der Waals surface area contributed by atoms with E-state index < -0.39 is 29.6 Å². The monoisotopic (exact) mass is 576 g/mol. The lowest BCUT2D eigenvalue weighted by molar-refractivity contribution is -0.151. The van der Waals surface area contributed by atoms with Gasteiger partial charge < -0.3 is 25.1 Å². The highest BCUT2D eigenvalue weighted by atomic mass is 16.6. The molecule has 1 amide bonds. The Hall–Kier alpha value is -3.15. The Morgan fingerprint density at radius 2 is 1.86 bits per heavy atom. The molecule has 1 aromatic rings. The molecule has 8 nitrogen and oxygen atoms in total. The zero-order chi connectivity index (χ0) is 30.1. The number of amides is 1. The van der Waals surface area contributed by atoms with Crippen molar-refractivity contribution in [1.82, 2.24) is 5.32 Å². The van der Waals surface area contributed by atoms with E-state index in [2.05, 4.69) is 36.3 Å². The molecule has 42 heavy (non-hydrogen) atoms. The first kappa shape index (κ1) is 30.3. The molecule has 0 aliphatic heterocycles. The minimum Gasteiger partial charge on any atom is -0.464 e. The molecule has 0 heterocycles. The molecule has 0 bridgehead atoms. The molecule has 3 N–H and O–H groups in total. The fraction of sp³-hybridized carbons (Fsp3) is 0.618. The molecule has 4 aliphatic carbocycles. The van der Waals surface area contributed by atoms with Crippen molar-refractivity contribution in [3.8, 4) is 12.3 Å². The largest absolute Gasteiger partial charge is 0.464 e. The van der Waals surface area contributed by atoms with Crippen molar-refractivity contribution in [3.63, 3.8) is 0 Å². The summed E-state index contributed by atoms with van der Waals surface area (Å²) in [6.07, 6.45) is 14.2. The Morgan fingerprint density at radius 1 is 1.12 bits per heavy atom. The molecule has 3 fully saturated rings. The second-order valence-corrected chi connectivity index (χ2v) is 13.0. The van der Waals surface area contributed by atoms with E-state index in [9.17, 15) is 19.8 Å². The maximum Gasteiger partial charge on any atom is 0.331 e. The number of hydrogen-bond donors (Lipinski definition) is 3. The van der Waals surface area contributed by atoms with Crippen LogP contribution < -0.4 is 5.32 Å². The number of rotatable bonds is 8. The predicted molar refractivity (Wildman–Crippen MR) is 159 cm³/mol. The first-order valence-corrected chi connectivity index (χ1v) is 15.4. The number of carbonyl (C=O) groups is 2. The van der Waals surface area contributed by atoms with Crippen molar-refractivity contribution < 1.29 is 29.4 Å². The van der Waals surface area contributed by atoms with Gasteiger partial charge in [-0.3, -0.25) is 4.79 Å². The number of oxime groups is 1. The normalized spacial score (nSPS) is 35.9. The van der Waals surface area contributed by atoms with Gasteiger partial charge in [-0.1, -0.05) is 60.8 Å². The molecule has 0 unspecified atom stereocenters. The third kappa shape index (κ3) is 5.26. The van der Waals surface area contributed by atoms with E-state index in [0.717, 1.165) is 50.7 Å². The molecular weight excluding hydrogens is 532 g/mol. The second kappa shape index (κ2) is 11.9. The number of aliphatic hydroxyl groups is 2. The minimum absolute atomic E-state index is 0.0813. The molecule has 226 valence electrons. The zero-order valence-electron chi connectivity index (χ0n) is 25.0.